The van der Waals surface area contributed by atoms with Crippen LogP contribution in [0.1, 0.15) is 30.5 Å². The fraction of sp³-hybridized carbons (Fsp3) is 0.714. The maximum Gasteiger partial charge on any atom is 0.0716 e. The average molecular weight is 305 g/mol. The molecule has 3 nitrogen and oxygen atoms in total. The number of nitrogens with one attached hydrogen (secondary N) is 2. The Morgan fingerprint density at radius 2 is 2.11 bits per heavy atom. The smallest absolute Gasteiger partial charge is 0.0716 e. The molecule has 5 heteroatoms. The third-order valence-electron chi connectivity index (χ3n) is 3.41. The van der Waals surface area contributed by atoms with E-state index >= 15 is 0 Å². The van der Waals surface area contributed by atoms with Crippen LogP contribution in [0.3, 0.4) is 0 Å². The van der Waals surface area contributed by atoms with Crippen LogP contribution in [-0.2, 0) is 12.0 Å². The predicted octanol–water partition coefficient (Wildman–Crippen LogP) is 2.14. The summed E-state index contributed by atoms with van der Waals surface area (Å²) in [5.41, 5.74) is 0.245. The Morgan fingerprint density at radius 1 is 1.37 bits per heavy atom. The number of halogens is 1. The standard InChI is InChI=1S/C14H24N2OS.ClH/c1-14(2,3)13-5-4-11(18-13)8-15-6-10-7-16-9-12(10)17;/h4-5,10,12,15-17H,6-9H2,1-3H3;1H. The molecule has 1 fully saturated rings. The fourth-order valence-corrected chi connectivity index (χ4v) is 3.22. The van der Waals surface area contributed by atoms with Gasteiger partial charge in [0.1, 0.15) is 0 Å². The maximum atomic E-state index is 9.70. The number of aliphatic hydroxyl groups excluding tert-OH is 1. The van der Waals surface area contributed by atoms with Crippen molar-refractivity contribution in [1.82, 2.24) is 10.6 Å². The zero-order valence-electron chi connectivity index (χ0n) is 11.9. The number of hydrogen-bond donors (Lipinski definition) is 3. The zero-order chi connectivity index (χ0) is 13.2. The van der Waals surface area contributed by atoms with Crippen molar-refractivity contribution in [3.05, 3.63) is 21.9 Å². The van der Waals surface area contributed by atoms with E-state index in [4.69, 9.17) is 0 Å². The molecular formula is C14H25ClN2OS. The molecule has 2 heterocycles. The summed E-state index contributed by atoms with van der Waals surface area (Å²) >= 11 is 1.88. The van der Waals surface area contributed by atoms with Gasteiger partial charge in [0.15, 0.2) is 0 Å². The second-order valence-corrected chi connectivity index (χ2v) is 7.30. The van der Waals surface area contributed by atoms with E-state index in [-0.39, 0.29) is 23.9 Å². The van der Waals surface area contributed by atoms with Crippen molar-refractivity contribution in [2.45, 2.75) is 38.8 Å². The summed E-state index contributed by atoms with van der Waals surface area (Å²) < 4.78 is 0. The first-order valence-corrected chi connectivity index (χ1v) is 7.47. The van der Waals surface area contributed by atoms with Gasteiger partial charge < -0.3 is 15.7 Å². The van der Waals surface area contributed by atoms with Crippen LogP contribution in [0.15, 0.2) is 12.1 Å². The van der Waals surface area contributed by atoms with Gasteiger partial charge in [0.2, 0.25) is 0 Å². The molecule has 1 aromatic heterocycles. The fourth-order valence-electron chi connectivity index (χ4n) is 2.18. The number of β-amino-alcohol motifs (C(OH)–C–C–N with tert-alkyl or cyclic N) is 1. The van der Waals surface area contributed by atoms with E-state index in [1.165, 1.54) is 9.75 Å². The summed E-state index contributed by atoms with van der Waals surface area (Å²) in [7, 11) is 0. The molecule has 1 aromatic rings. The summed E-state index contributed by atoms with van der Waals surface area (Å²) in [6.07, 6.45) is -0.189. The van der Waals surface area contributed by atoms with E-state index in [0.717, 1.165) is 26.2 Å². The number of aliphatic hydroxyl groups is 1. The normalized spacial score (nSPS) is 23.4. The Labute approximate surface area is 126 Å². The molecule has 19 heavy (non-hydrogen) atoms. The molecule has 0 amide bonds. The van der Waals surface area contributed by atoms with Crippen molar-refractivity contribution in [3.63, 3.8) is 0 Å². The Morgan fingerprint density at radius 3 is 2.63 bits per heavy atom. The van der Waals surface area contributed by atoms with Crippen molar-refractivity contribution < 1.29 is 5.11 Å². The molecule has 1 aliphatic rings. The van der Waals surface area contributed by atoms with Crippen LogP contribution >= 0.6 is 23.7 Å². The van der Waals surface area contributed by atoms with Crippen molar-refractivity contribution in [2.75, 3.05) is 19.6 Å². The van der Waals surface area contributed by atoms with Crippen LogP contribution in [0.2, 0.25) is 0 Å². The van der Waals surface area contributed by atoms with E-state index in [1.54, 1.807) is 0 Å². The lowest BCUT2D eigenvalue weighted by Gasteiger charge is -2.15. The van der Waals surface area contributed by atoms with Crippen LogP contribution in [0.4, 0.5) is 0 Å². The maximum absolute atomic E-state index is 9.70. The average Bonchev–Trinajstić information content (AvgIpc) is 2.88. The van der Waals surface area contributed by atoms with E-state index in [2.05, 4.69) is 43.5 Å². The van der Waals surface area contributed by atoms with Gasteiger partial charge in [0.05, 0.1) is 6.10 Å². The van der Waals surface area contributed by atoms with Gasteiger partial charge >= 0.3 is 0 Å². The van der Waals surface area contributed by atoms with Crippen LogP contribution in [0.5, 0.6) is 0 Å². The second kappa shape index (κ2) is 7.04. The summed E-state index contributed by atoms with van der Waals surface area (Å²) in [5, 5.41) is 16.4. The molecule has 0 spiro atoms. The van der Waals surface area contributed by atoms with Gasteiger partial charge in [0, 0.05) is 41.9 Å². The highest BCUT2D eigenvalue weighted by molar-refractivity contribution is 7.12. The van der Waals surface area contributed by atoms with E-state index in [9.17, 15) is 5.11 Å². The predicted molar refractivity (Wildman–Crippen MR) is 84.3 cm³/mol. The molecule has 2 unspecified atom stereocenters. The molecule has 0 bridgehead atoms. The Hall–Kier alpha value is -0.130. The van der Waals surface area contributed by atoms with Crippen LogP contribution in [0.25, 0.3) is 0 Å². The first kappa shape index (κ1) is 16.9. The summed E-state index contributed by atoms with van der Waals surface area (Å²) in [4.78, 5) is 2.81. The zero-order valence-corrected chi connectivity index (χ0v) is 13.5. The topological polar surface area (TPSA) is 44.3 Å². The minimum absolute atomic E-state index is 0. The molecule has 0 aliphatic carbocycles. The van der Waals surface area contributed by atoms with E-state index in [1.807, 2.05) is 11.3 Å². The highest BCUT2D eigenvalue weighted by Gasteiger charge is 2.24. The van der Waals surface area contributed by atoms with Gasteiger partial charge in [-0.2, -0.15) is 0 Å². The van der Waals surface area contributed by atoms with Crippen molar-refractivity contribution >= 4 is 23.7 Å². The first-order valence-electron chi connectivity index (χ1n) is 6.65. The largest absolute Gasteiger partial charge is 0.391 e. The molecule has 0 aromatic carbocycles. The third-order valence-corrected chi connectivity index (χ3v) is 4.92. The summed E-state index contributed by atoms with van der Waals surface area (Å²) in [6, 6.07) is 4.44. The molecule has 1 saturated heterocycles. The molecule has 2 atom stereocenters. The van der Waals surface area contributed by atoms with Crippen LogP contribution < -0.4 is 10.6 Å². The number of hydrogen-bond acceptors (Lipinski definition) is 4. The highest BCUT2D eigenvalue weighted by atomic mass is 35.5. The SMILES string of the molecule is CC(C)(C)c1ccc(CNCC2CNCC2O)s1.Cl. The van der Waals surface area contributed by atoms with E-state index in [0.29, 0.717) is 5.92 Å². The van der Waals surface area contributed by atoms with Crippen molar-refractivity contribution in [3.8, 4) is 0 Å². The lowest BCUT2D eigenvalue weighted by Crippen LogP contribution is -2.29. The molecule has 110 valence electrons. The molecule has 1 aliphatic heterocycles. The second-order valence-electron chi connectivity index (χ2n) is 6.13. The monoisotopic (exact) mass is 304 g/mol. The minimum atomic E-state index is -0.189. The first-order chi connectivity index (χ1) is 8.47. The van der Waals surface area contributed by atoms with Gasteiger partial charge in [-0.1, -0.05) is 20.8 Å². The van der Waals surface area contributed by atoms with Gasteiger partial charge in [-0.3, -0.25) is 0 Å². The Bertz CT molecular complexity index is 389. The number of thiophene rings is 1. The molecular weight excluding hydrogens is 280 g/mol. The van der Waals surface area contributed by atoms with Gasteiger partial charge in [0.25, 0.3) is 0 Å². The van der Waals surface area contributed by atoms with Gasteiger partial charge in [-0.15, -0.1) is 23.7 Å². The molecule has 2 rings (SSSR count). The lowest BCUT2D eigenvalue weighted by atomic mass is 9.95. The van der Waals surface area contributed by atoms with Crippen molar-refractivity contribution in [2.24, 2.45) is 5.92 Å². The molecule has 0 saturated carbocycles. The highest BCUT2D eigenvalue weighted by Crippen LogP contribution is 2.29. The lowest BCUT2D eigenvalue weighted by molar-refractivity contribution is 0.146. The minimum Gasteiger partial charge on any atom is -0.391 e. The molecule has 0 radical (unpaired) electrons. The van der Waals surface area contributed by atoms with Gasteiger partial charge in [-0.05, 0) is 17.5 Å². The molecule has 3 N–H and O–H groups in total. The number of rotatable bonds is 4. The summed E-state index contributed by atoms with van der Waals surface area (Å²) in [5.74, 6) is 0.354. The quantitative estimate of drug-likeness (QED) is 0.798. The van der Waals surface area contributed by atoms with Crippen LogP contribution in [0, 0.1) is 5.92 Å². The van der Waals surface area contributed by atoms with Crippen molar-refractivity contribution in [1.29, 1.82) is 0 Å². The van der Waals surface area contributed by atoms with E-state index < -0.39 is 0 Å². The third kappa shape index (κ3) is 4.72. The summed E-state index contributed by atoms with van der Waals surface area (Å²) in [6.45, 7) is 10.2. The van der Waals surface area contributed by atoms with Crippen LogP contribution in [-0.4, -0.2) is 30.8 Å². The Kier molecular flexibility index (Phi) is 6.27. The Balaban J connectivity index is 0.00000180. The van der Waals surface area contributed by atoms with Gasteiger partial charge in [-0.25, -0.2) is 0 Å².